The summed E-state index contributed by atoms with van der Waals surface area (Å²) in [5, 5.41) is 10.1. The maximum absolute atomic E-state index is 12.8. The van der Waals surface area contributed by atoms with Gasteiger partial charge in [-0.2, -0.15) is 0 Å². The van der Waals surface area contributed by atoms with E-state index in [9.17, 15) is 14.3 Å². The number of primary amides is 1. The molecule has 1 aliphatic carbocycles. The van der Waals surface area contributed by atoms with Crippen LogP contribution in [0.2, 0.25) is 0 Å². The Hall–Kier alpha value is -1.46. The van der Waals surface area contributed by atoms with Gasteiger partial charge < -0.3 is 10.8 Å². The molecular formula is C13H17FN2O2. The van der Waals surface area contributed by atoms with Crippen molar-refractivity contribution in [1.29, 1.82) is 0 Å². The fraction of sp³-hybridized carbons (Fsp3) is 0.462. The molecule has 18 heavy (non-hydrogen) atoms. The monoisotopic (exact) mass is 252 g/mol. The van der Waals surface area contributed by atoms with Gasteiger partial charge in [-0.1, -0.05) is 12.1 Å². The van der Waals surface area contributed by atoms with Crippen molar-refractivity contribution in [2.24, 2.45) is 5.73 Å². The number of aliphatic hydroxyl groups is 1. The molecule has 0 heterocycles. The SMILES string of the molecule is NC(=O)CN(CC(O)c1ccc(F)cc1)C1CC1. The summed E-state index contributed by atoms with van der Waals surface area (Å²) in [5.74, 6) is -0.727. The third kappa shape index (κ3) is 3.51. The van der Waals surface area contributed by atoms with Crippen LogP contribution >= 0.6 is 0 Å². The van der Waals surface area contributed by atoms with Crippen molar-refractivity contribution in [3.8, 4) is 0 Å². The van der Waals surface area contributed by atoms with Crippen LogP contribution in [0.3, 0.4) is 0 Å². The molecule has 0 aromatic heterocycles. The van der Waals surface area contributed by atoms with E-state index in [-0.39, 0.29) is 12.4 Å². The standard InChI is InChI=1S/C13H17FN2O2/c14-10-3-1-9(2-4-10)12(17)7-16(8-13(15)18)11-5-6-11/h1-4,11-12,17H,5-8H2,(H2,15,18). The van der Waals surface area contributed by atoms with Crippen LogP contribution in [0.15, 0.2) is 24.3 Å². The van der Waals surface area contributed by atoms with Gasteiger partial charge in [0.25, 0.3) is 0 Å². The Bertz CT molecular complexity index is 418. The smallest absolute Gasteiger partial charge is 0.231 e. The largest absolute Gasteiger partial charge is 0.387 e. The Labute approximate surface area is 105 Å². The lowest BCUT2D eigenvalue weighted by molar-refractivity contribution is -0.119. The molecule has 1 aromatic rings. The second-order valence-electron chi connectivity index (χ2n) is 4.69. The molecule has 1 saturated carbocycles. The maximum Gasteiger partial charge on any atom is 0.231 e. The first-order chi connectivity index (χ1) is 8.56. The van der Waals surface area contributed by atoms with Crippen LogP contribution in [0.1, 0.15) is 24.5 Å². The molecule has 1 aromatic carbocycles. The summed E-state index contributed by atoms with van der Waals surface area (Å²) in [5.41, 5.74) is 5.83. The fourth-order valence-electron chi connectivity index (χ4n) is 2.00. The lowest BCUT2D eigenvalue weighted by atomic mass is 10.1. The third-order valence-electron chi connectivity index (χ3n) is 3.08. The number of carbonyl (C=O) groups is 1. The lowest BCUT2D eigenvalue weighted by Crippen LogP contribution is -2.38. The molecule has 0 saturated heterocycles. The molecule has 1 amide bonds. The Morgan fingerprint density at radius 1 is 1.44 bits per heavy atom. The molecule has 98 valence electrons. The molecule has 0 aliphatic heterocycles. The van der Waals surface area contributed by atoms with Crippen molar-refractivity contribution in [3.63, 3.8) is 0 Å². The fourth-order valence-corrected chi connectivity index (χ4v) is 2.00. The Morgan fingerprint density at radius 3 is 2.56 bits per heavy atom. The summed E-state index contributed by atoms with van der Waals surface area (Å²) >= 11 is 0. The Balaban J connectivity index is 1.97. The molecule has 2 rings (SSSR count). The number of carbonyl (C=O) groups excluding carboxylic acids is 1. The minimum absolute atomic E-state index is 0.156. The lowest BCUT2D eigenvalue weighted by Gasteiger charge is -2.23. The summed E-state index contributed by atoms with van der Waals surface area (Å²) in [6, 6.07) is 6.07. The van der Waals surface area contributed by atoms with Crippen molar-refractivity contribution in [3.05, 3.63) is 35.6 Å². The second-order valence-corrected chi connectivity index (χ2v) is 4.69. The number of halogens is 1. The predicted octanol–water partition coefficient (Wildman–Crippen LogP) is 0.809. The number of rotatable bonds is 6. The van der Waals surface area contributed by atoms with Crippen molar-refractivity contribution in [2.45, 2.75) is 25.0 Å². The highest BCUT2D eigenvalue weighted by molar-refractivity contribution is 5.76. The van der Waals surface area contributed by atoms with Gasteiger partial charge in [0.2, 0.25) is 5.91 Å². The number of hydrogen-bond donors (Lipinski definition) is 2. The van der Waals surface area contributed by atoms with Gasteiger partial charge in [0, 0.05) is 12.6 Å². The van der Waals surface area contributed by atoms with Crippen molar-refractivity contribution >= 4 is 5.91 Å². The van der Waals surface area contributed by atoms with Gasteiger partial charge in [-0.3, -0.25) is 9.69 Å². The summed E-state index contributed by atoms with van der Waals surface area (Å²) in [6.07, 6.45) is 1.33. The highest BCUT2D eigenvalue weighted by Crippen LogP contribution is 2.28. The molecule has 0 radical (unpaired) electrons. The molecule has 4 nitrogen and oxygen atoms in total. The van der Waals surface area contributed by atoms with Crippen LogP contribution in [-0.4, -0.2) is 35.0 Å². The van der Waals surface area contributed by atoms with Gasteiger partial charge >= 0.3 is 0 Å². The van der Waals surface area contributed by atoms with Crippen LogP contribution < -0.4 is 5.73 Å². The van der Waals surface area contributed by atoms with E-state index >= 15 is 0 Å². The first-order valence-corrected chi connectivity index (χ1v) is 6.02. The molecule has 1 aliphatic rings. The summed E-state index contributed by atoms with van der Waals surface area (Å²) in [6.45, 7) is 0.502. The van der Waals surface area contributed by atoms with Crippen LogP contribution in [0.5, 0.6) is 0 Å². The molecule has 5 heteroatoms. The van der Waals surface area contributed by atoms with E-state index < -0.39 is 12.0 Å². The highest BCUT2D eigenvalue weighted by atomic mass is 19.1. The average Bonchev–Trinajstić information content (AvgIpc) is 3.12. The predicted molar refractivity (Wildman–Crippen MR) is 65.1 cm³/mol. The van der Waals surface area contributed by atoms with Crippen LogP contribution in [-0.2, 0) is 4.79 Å². The van der Waals surface area contributed by atoms with Crippen LogP contribution in [0, 0.1) is 5.82 Å². The summed E-state index contributed by atoms with van der Waals surface area (Å²) in [4.78, 5) is 12.8. The molecule has 1 fully saturated rings. The van der Waals surface area contributed by atoms with E-state index in [1.165, 1.54) is 12.1 Å². The Morgan fingerprint density at radius 2 is 2.06 bits per heavy atom. The van der Waals surface area contributed by atoms with E-state index in [2.05, 4.69) is 0 Å². The van der Waals surface area contributed by atoms with Gasteiger partial charge in [0.05, 0.1) is 12.6 Å². The minimum Gasteiger partial charge on any atom is -0.387 e. The van der Waals surface area contributed by atoms with E-state index in [0.717, 1.165) is 12.8 Å². The van der Waals surface area contributed by atoms with Crippen molar-refractivity contribution in [2.75, 3.05) is 13.1 Å². The zero-order chi connectivity index (χ0) is 13.1. The van der Waals surface area contributed by atoms with E-state index in [1.54, 1.807) is 12.1 Å². The van der Waals surface area contributed by atoms with E-state index in [0.29, 0.717) is 18.2 Å². The van der Waals surface area contributed by atoms with Crippen molar-refractivity contribution < 1.29 is 14.3 Å². The number of hydrogen-bond acceptors (Lipinski definition) is 3. The number of nitrogens with two attached hydrogens (primary N) is 1. The number of nitrogens with zero attached hydrogens (tertiary/aromatic N) is 1. The maximum atomic E-state index is 12.8. The normalized spacial score (nSPS) is 16.8. The zero-order valence-electron chi connectivity index (χ0n) is 10.1. The average molecular weight is 252 g/mol. The molecule has 1 atom stereocenters. The van der Waals surface area contributed by atoms with Gasteiger partial charge in [0.15, 0.2) is 0 Å². The van der Waals surface area contributed by atoms with E-state index in [1.807, 2.05) is 4.90 Å². The van der Waals surface area contributed by atoms with Gasteiger partial charge in [-0.05, 0) is 30.5 Å². The van der Waals surface area contributed by atoms with Gasteiger partial charge in [-0.15, -0.1) is 0 Å². The molecule has 1 unspecified atom stereocenters. The first kappa shape index (κ1) is 13.0. The summed E-state index contributed by atoms with van der Waals surface area (Å²) in [7, 11) is 0. The Kier molecular flexibility index (Phi) is 3.93. The topological polar surface area (TPSA) is 66.6 Å². The minimum atomic E-state index is -0.731. The van der Waals surface area contributed by atoms with Gasteiger partial charge in [0.1, 0.15) is 5.82 Å². The quantitative estimate of drug-likeness (QED) is 0.787. The van der Waals surface area contributed by atoms with E-state index in [4.69, 9.17) is 5.73 Å². The number of amides is 1. The van der Waals surface area contributed by atoms with Crippen LogP contribution in [0.25, 0.3) is 0 Å². The van der Waals surface area contributed by atoms with Crippen LogP contribution in [0.4, 0.5) is 4.39 Å². The summed E-state index contributed by atoms with van der Waals surface area (Å²) < 4.78 is 12.8. The zero-order valence-corrected chi connectivity index (χ0v) is 10.1. The van der Waals surface area contributed by atoms with Gasteiger partial charge in [-0.25, -0.2) is 4.39 Å². The molecular weight excluding hydrogens is 235 g/mol. The molecule has 0 spiro atoms. The van der Waals surface area contributed by atoms with Crippen molar-refractivity contribution in [1.82, 2.24) is 4.90 Å². The third-order valence-corrected chi connectivity index (χ3v) is 3.08. The highest BCUT2D eigenvalue weighted by Gasteiger charge is 2.31. The first-order valence-electron chi connectivity index (χ1n) is 6.02. The second kappa shape index (κ2) is 5.46. The number of benzene rings is 1. The molecule has 3 N–H and O–H groups in total. The number of aliphatic hydroxyl groups excluding tert-OH is 1. The molecule has 0 bridgehead atoms.